The molecule has 6 atom stereocenters. The highest BCUT2D eigenvalue weighted by atomic mass is 32.2. The van der Waals surface area contributed by atoms with Crippen LogP contribution < -0.4 is 0 Å². The number of carbonyl (C=O) groups is 3. The highest BCUT2D eigenvalue weighted by molar-refractivity contribution is 8.02. The van der Waals surface area contributed by atoms with Crippen molar-refractivity contribution >= 4 is 29.5 Å². The molecule has 41 heavy (non-hydrogen) atoms. The zero-order valence-corrected chi connectivity index (χ0v) is 24.8. The van der Waals surface area contributed by atoms with Gasteiger partial charge >= 0.3 is 5.97 Å². The molecule has 1 N–H and O–H groups in total. The number of esters is 1. The number of rotatable bonds is 13. The first-order valence-electron chi connectivity index (χ1n) is 15.3. The second-order valence-electron chi connectivity index (χ2n) is 11.9. The number of hydrogen-bond acceptors (Lipinski definition) is 6. The van der Waals surface area contributed by atoms with E-state index in [1.54, 1.807) is 22.7 Å². The standard InChI is InChI=1S/C33H44N2O5S/c1-3-5-6-13-21-40-32(39)27-26-18-19-33(41-26)28(27)30(37)35(25(22-36)23-14-9-7-10-15-23)29(33)31(38)34(20-4-2)24-16-11-8-12-17-24/h3-4,7,9-10,14-15,24-29,36H,1-2,5-6,8,11-13,16-22H2/t25-,26-,27+,28+,29?,33?/m1/s1. The zero-order valence-electron chi connectivity index (χ0n) is 24.0. The molecular weight excluding hydrogens is 536 g/mol. The van der Waals surface area contributed by atoms with Crippen LogP contribution in [0.25, 0.3) is 0 Å². The van der Waals surface area contributed by atoms with Crippen LogP contribution in [0.4, 0.5) is 0 Å². The molecule has 2 unspecified atom stereocenters. The molecule has 1 aromatic carbocycles. The number of hydrogen-bond donors (Lipinski definition) is 1. The van der Waals surface area contributed by atoms with E-state index >= 15 is 0 Å². The van der Waals surface area contributed by atoms with Crippen molar-refractivity contribution in [2.75, 3.05) is 19.8 Å². The number of unbranched alkanes of at least 4 members (excludes halogenated alkanes) is 2. The summed E-state index contributed by atoms with van der Waals surface area (Å²) >= 11 is 1.65. The second-order valence-corrected chi connectivity index (χ2v) is 13.5. The number of allylic oxidation sites excluding steroid dienone is 1. The summed E-state index contributed by atoms with van der Waals surface area (Å²) in [7, 11) is 0. The normalized spacial score (nSPS) is 29.7. The minimum atomic E-state index is -0.764. The number of likely N-dealkylation sites (tertiary alicyclic amines) is 1. The molecule has 1 saturated carbocycles. The lowest BCUT2D eigenvalue weighted by molar-refractivity contribution is -0.154. The lowest BCUT2D eigenvalue weighted by Gasteiger charge is -2.42. The number of benzene rings is 1. The highest BCUT2D eigenvalue weighted by Crippen LogP contribution is 2.67. The van der Waals surface area contributed by atoms with Gasteiger partial charge < -0.3 is 19.6 Å². The van der Waals surface area contributed by atoms with Crippen molar-refractivity contribution in [1.82, 2.24) is 9.80 Å². The average molecular weight is 581 g/mol. The van der Waals surface area contributed by atoms with Gasteiger partial charge in [-0.05, 0) is 50.5 Å². The van der Waals surface area contributed by atoms with Gasteiger partial charge in [-0.3, -0.25) is 14.4 Å². The van der Waals surface area contributed by atoms with Gasteiger partial charge in [0.05, 0.1) is 35.8 Å². The molecule has 3 heterocycles. The van der Waals surface area contributed by atoms with Crippen LogP contribution in [0.1, 0.15) is 75.8 Å². The Labute approximate surface area is 248 Å². The van der Waals surface area contributed by atoms with Gasteiger partial charge in [-0.15, -0.1) is 24.9 Å². The van der Waals surface area contributed by atoms with E-state index in [9.17, 15) is 19.5 Å². The number of amides is 2. The number of carbonyl (C=O) groups excluding carboxylic acids is 3. The molecule has 0 aromatic heterocycles. The van der Waals surface area contributed by atoms with Crippen LogP contribution >= 0.6 is 11.8 Å². The highest BCUT2D eigenvalue weighted by Gasteiger charge is 2.75. The fourth-order valence-corrected chi connectivity index (χ4v) is 9.96. The predicted octanol–water partition coefficient (Wildman–Crippen LogP) is 5.06. The third-order valence-electron chi connectivity index (χ3n) is 9.61. The number of fused-ring (bicyclic) bond motifs is 1. The quantitative estimate of drug-likeness (QED) is 0.199. The smallest absolute Gasteiger partial charge is 0.310 e. The molecule has 5 rings (SSSR count). The summed E-state index contributed by atoms with van der Waals surface area (Å²) in [5, 5.41) is 10.7. The van der Waals surface area contributed by atoms with Gasteiger partial charge in [0, 0.05) is 17.8 Å². The molecule has 2 amide bonds. The van der Waals surface area contributed by atoms with Gasteiger partial charge in [0.2, 0.25) is 11.8 Å². The molecule has 1 spiro atoms. The number of nitrogens with zero attached hydrogens (tertiary/aromatic N) is 2. The molecule has 8 heteroatoms. The number of ether oxygens (including phenoxy) is 1. The molecule has 222 valence electrons. The minimum Gasteiger partial charge on any atom is -0.465 e. The summed E-state index contributed by atoms with van der Waals surface area (Å²) in [6.07, 6.45) is 12.8. The fraction of sp³-hybridized carbons (Fsp3) is 0.606. The first-order valence-corrected chi connectivity index (χ1v) is 16.2. The van der Waals surface area contributed by atoms with E-state index in [2.05, 4.69) is 13.2 Å². The van der Waals surface area contributed by atoms with Crippen LogP contribution in [0, 0.1) is 11.8 Å². The summed E-state index contributed by atoms with van der Waals surface area (Å²) in [6.45, 7) is 8.12. The van der Waals surface area contributed by atoms with E-state index < -0.39 is 28.7 Å². The lowest BCUT2D eigenvalue weighted by atomic mass is 9.71. The van der Waals surface area contributed by atoms with E-state index in [-0.39, 0.29) is 35.7 Å². The maximum atomic E-state index is 14.8. The van der Waals surface area contributed by atoms with Crippen molar-refractivity contribution in [3.05, 3.63) is 61.2 Å². The fourth-order valence-electron chi connectivity index (χ4n) is 7.77. The van der Waals surface area contributed by atoms with Crippen LogP contribution in [0.5, 0.6) is 0 Å². The lowest BCUT2D eigenvalue weighted by Crippen LogP contribution is -2.57. The van der Waals surface area contributed by atoms with Crippen molar-refractivity contribution in [3.8, 4) is 0 Å². The minimum absolute atomic E-state index is 0.0473. The average Bonchev–Trinajstić information content (AvgIpc) is 3.64. The number of aliphatic hydroxyl groups is 1. The predicted molar refractivity (Wildman–Crippen MR) is 161 cm³/mol. The Morgan fingerprint density at radius 2 is 1.88 bits per heavy atom. The van der Waals surface area contributed by atoms with E-state index in [1.165, 1.54) is 6.42 Å². The first-order chi connectivity index (χ1) is 20.0. The molecule has 1 aromatic rings. The summed E-state index contributed by atoms with van der Waals surface area (Å²) in [6, 6.07) is 8.11. The van der Waals surface area contributed by atoms with Gasteiger partial charge in [-0.2, -0.15) is 0 Å². The molecular formula is C33H44N2O5S. The van der Waals surface area contributed by atoms with Crippen molar-refractivity contribution in [2.45, 2.75) is 92.3 Å². The summed E-state index contributed by atoms with van der Waals surface area (Å²) in [4.78, 5) is 46.5. The Morgan fingerprint density at radius 1 is 1.12 bits per heavy atom. The molecule has 2 bridgehead atoms. The van der Waals surface area contributed by atoms with Crippen molar-refractivity contribution < 1.29 is 24.2 Å². The topological polar surface area (TPSA) is 87.1 Å². The Bertz CT molecular complexity index is 1120. The number of aliphatic hydroxyl groups excluding tert-OH is 1. The molecule has 4 fully saturated rings. The summed E-state index contributed by atoms with van der Waals surface area (Å²) < 4.78 is 5.03. The Hall–Kier alpha value is -2.58. The van der Waals surface area contributed by atoms with Gasteiger partial charge in [-0.1, -0.05) is 61.7 Å². The van der Waals surface area contributed by atoms with Crippen LogP contribution in [0.2, 0.25) is 0 Å². The molecule has 1 aliphatic carbocycles. The Morgan fingerprint density at radius 3 is 2.56 bits per heavy atom. The maximum absolute atomic E-state index is 14.8. The molecule has 7 nitrogen and oxygen atoms in total. The van der Waals surface area contributed by atoms with E-state index in [1.807, 2.05) is 41.3 Å². The molecule has 3 aliphatic heterocycles. The first kappa shape index (κ1) is 29.9. The van der Waals surface area contributed by atoms with E-state index in [0.29, 0.717) is 19.6 Å². The van der Waals surface area contributed by atoms with E-state index in [0.717, 1.165) is 56.9 Å². The third-order valence-corrected chi connectivity index (χ3v) is 11.6. The Balaban J connectivity index is 1.51. The van der Waals surface area contributed by atoms with Crippen LogP contribution in [-0.4, -0.2) is 74.5 Å². The second kappa shape index (κ2) is 13.2. The summed E-state index contributed by atoms with van der Waals surface area (Å²) in [5.41, 5.74) is 0.784. The maximum Gasteiger partial charge on any atom is 0.310 e. The van der Waals surface area contributed by atoms with Crippen LogP contribution in [0.15, 0.2) is 55.6 Å². The SMILES string of the molecule is C=CCCCCOC(=O)[C@@H]1[C@H]2C(=O)N([C@H](CO)c3ccccc3)C(C(=O)N(CC=C)C3CCCCC3)C23CC[C@H]1S3. The van der Waals surface area contributed by atoms with Gasteiger partial charge in [0.15, 0.2) is 0 Å². The van der Waals surface area contributed by atoms with Crippen molar-refractivity contribution in [1.29, 1.82) is 0 Å². The Kier molecular flexibility index (Phi) is 9.59. The van der Waals surface area contributed by atoms with Gasteiger partial charge in [0.25, 0.3) is 0 Å². The largest absolute Gasteiger partial charge is 0.465 e. The third kappa shape index (κ3) is 5.50. The van der Waals surface area contributed by atoms with Crippen LogP contribution in [-0.2, 0) is 19.1 Å². The molecule has 0 radical (unpaired) electrons. The monoisotopic (exact) mass is 580 g/mol. The molecule has 3 saturated heterocycles. The van der Waals surface area contributed by atoms with Crippen molar-refractivity contribution in [2.24, 2.45) is 11.8 Å². The van der Waals surface area contributed by atoms with Crippen LogP contribution in [0.3, 0.4) is 0 Å². The van der Waals surface area contributed by atoms with Gasteiger partial charge in [-0.25, -0.2) is 0 Å². The summed E-state index contributed by atoms with van der Waals surface area (Å²) in [5.74, 6) is -1.84. The number of thioether (sulfide) groups is 1. The van der Waals surface area contributed by atoms with Gasteiger partial charge in [0.1, 0.15) is 6.04 Å². The van der Waals surface area contributed by atoms with Crippen molar-refractivity contribution in [3.63, 3.8) is 0 Å². The molecule has 4 aliphatic rings. The van der Waals surface area contributed by atoms with E-state index in [4.69, 9.17) is 4.74 Å². The zero-order chi connectivity index (χ0) is 29.0.